The fourth-order valence-corrected chi connectivity index (χ4v) is 1.30. The molecule has 0 radical (unpaired) electrons. The van der Waals surface area contributed by atoms with Crippen LogP contribution in [0.25, 0.3) is 0 Å². The first-order valence-corrected chi connectivity index (χ1v) is 6.16. The lowest BCUT2D eigenvalue weighted by molar-refractivity contribution is -0.000549. The molecule has 0 saturated heterocycles. The molecule has 5 nitrogen and oxygen atoms in total. The molecular formula is C12H22O5. The van der Waals surface area contributed by atoms with E-state index in [1.807, 2.05) is 27.7 Å². The molecule has 0 aliphatic rings. The Labute approximate surface area is 102 Å². The molecule has 0 amide bonds. The highest BCUT2D eigenvalue weighted by Crippen LogP contribution is 2.07. The van der Waals surface area contributed by atoms with Crippen LogP contribution in [0.3, 0.4) is 0 Å². The average molecular weight is 246 g/mol. The summed E-state index contributed by atoms with van der Waals surface area (Å²) in [5.41, 5.74) is 0. The van der Waals surface area contributed by atoms with Gasteiger partial charge < -0.3 is 14.2 Å². The molecule has 0 atom stereocenters. The molecule has 0 heterocycles. The van der Waals surface area contributed by atoms with Gasteiger partial charge >= 0.3 is 12.3 Å². The van der Waals surface area contributed by atoms with E-state index in [-0.39, 0.29) is 12.2 Å². The second-order valence-electron chi connectivity index (χ2n) is 3.71. The summed E-state index contributed by atoms with van der Waals surface area (Å²) >= 11 is 0. The average Bonchev–Trinajstić information content (AvgIpc) is 2.32. The van der Waals surface area contributed by atoms with Gasteiger partial charge in [-0.2, -0.15) is 0 Å². The topological polar surface area (TPSA) is 61.8 Å². The van der Waals surface area contributed by atoms with Crippen molar-refractivity contribution in [1.29, 1.82) is 0 Å². The Bertz CT molecular complexity index is 207. The van der Waals surface area contributed by atoms with Gasteiger partial charge in [-0.15, -0.1) is 0 Å². The molecule has 0 aliphatic carbocycles. The molecule has 100 valence electrons. The van der Waals surface area contributed by atoms with Crippen molar-refractivity contribution in [3.8, 4) is 0 Å². The first kappa shape index (κ1) is 15.7. The van der Waals surface area contributed by atoms with Gasteiger partial charge in [-0.3, -0.25) is 0 Å². The minimum absolute atomic E-state index is 0.219. The van der Waals surface area contributed by atoms with Crippen molar-refractivity contribution in [2.24, 2.45) is 0 Å². The Morgan fingerprint density at radius 2 is 1.06 bits per heavy atom. The van der Waals surface area contributed by atoms with E-state index in [9.17, 15) is 9.59 Å². The van der Waals surface area contributed by atoms with Crippen molar-refractivity contribution >= 4 is 12.3 Å². The van der Waals surface area contributed by atoms with Crippen LogP contribution in [0, 0.1) is 0 Å². The van der Waals surface area contributed by atoms with Crippen molar-refractivity contribution < 1.29 is 23.8 Å². The number of rotatable bonds is 6. The summed E-state index contributed by atoms with van der Waals surface area (Å²) in [6.07, 6.45) is 0.331. The summed E-state index contributed by atoms with van der Waals surface area (Å²) in [7, 11) is 0. The smallest absolute Gasteiger partial charge is 0.431 e. The molecule has 0 rings (SSSR count). The zero-order chi connectivity index (χ0) is 13.3. The minimum Gasteiger partial charge on any atom is -0.431 e. The maximum absolute atomic E-state index is 11.2. The summed E-state index contributed by atoms with van der Waals surface area (Å²) < 4.78 is 14.2. The van der Waals surface area contributed by atoms with E-state index >= 15 is 0 Å². The number of ether oxygens (including phenoxy) is 3. The Morgan fingerprint density at radius 3 is 1.29 bits per heavy atom. The molecule has 0 spiro atoms. The number of hydrogen-bond donors (Lipinski definition) is 0. The lowest BCUT2D eigenvalue weighted by atomic mass is 10.2. The third-order valence-corrected chi connectivity index (χ3v) is 2.51. The monoisotopic (exact) mass is 246 g/mol. The SMILES string of the molecule is CCC(CC)OC(=O)OC(=O)OC(CC)CC. The molecule has 0 aliphatic heterocycles. The van der Waals surface area contributed by atoms with E-state index in [4.69, 9.17) is 9.47 Å². The molecule has 0 N–H and O–H groups in total. The van der Waals surface area contributed by atoms with Crippen molar-refractivity contribution in [1.82, 2.24) is 0 Å². The van der Waals surface area contributed by atoms with Crippen LogP contribution >= 0.6 is 0 Å². The van der Waals surface area contributed by atoms with E-state index in [0.29, 0.717) is 25.7 Å². The first-order chi connectivity index (χ1) is 8.07. The van der Waals surface area contributed by atoms with Crippen LogP contribution in [-0.4, -0.2) is 24.5 Å². The summed E-state index contributed by atoms with van der Waals surface area (Å²) in [4.78, 5) is 22.4. The Morgan fingerprint density at radius 1 is 0.765 bits per heavy atom. The first-order valence-electron chi connectivity index (χ1n) is 6.16. The molecule has 0 aromatic heterocycles. The van der Waals surface area contributed by atoms with Crippen LogP contribution in [0.4, 0.5) is 9.59 Å². The van der Waals surface area contributed by atoms with Gasteiger partial charge in [-0.1, -0.05) is 27.7 Å². The van der Waals surface area contributed by atoms with E-state index in [2.05, 4.69) is 4.74 Å². The van der Waals surface area contributed by atoms with Crippen molar-refractivity contribution in [3.63, 3.8) is 0 Å². The van der Waals surface area contributed by atoms with E-state index in [1.165, 1.54) is 0 Å². The third kappa shape index (κ3) is 6.81. The molecule has 5 heteroatoms. The van der Waals surface area contributed by atoms with Gasteiger partial charge in [0.15, 0.2) is 0 Å². The van der Waals surface area contributed by atoms with Crippen LogP contribution < -0.4 is 0 Å². The van der Waals surface area contributed by atoms with E-state index in [1.54, 1.807) is 0 Å². The maximum atomic E-state index is 11.2. The second-order valence-corrected chi connectivity index (χ2v) is 3.71. The summed E-state index contributed by atoms with van der Waals surface area (Å²) in [5.74, 6) is 0. The fraction of sp³-hybridized carbons (Fsp3) is 0.833. The predicted octanol–water partition coefficient (Wildman–Crippen LogP) is 3.65. The van der Waals surface area contributed by atoms with Crippen LogP contribution in [-0.2, 0) is 14.2 Å². The van der Waals surface area contributed by atoms with Crippen LogP contribution in [0.2, 0.25) is 0 Å². The van der Waals surface area contributed by atoms with Gasteiger partial charge in [0.05, 0.1) is 0 Å². The molecule has 17 heavy (non-hydrogen) atoms. The highest BCUT2D eigenvalue weighted by atomic mass is 16.8. The Balaban J connectivity index is 3.99. The normalized spacial score (nSPS) is 10.5. The number of carbonyl (C=O) groups excluding carboxylic acids is 2. The van der Waals surface area contributed by atoms with Gasteiger partial charge in [-0.05, 0) is 25.7 Å². The van der Waals surface area contributed by atoms with Crippen molar-refractivity contribution in [2.75, 3.05) is 0 Å². The lowest BCUT2D eigenvalue weighted by Crippen LogP contribution is -2.23. The quantitative estimate of drug-likeness (QED) is 0.528. The maximum Gasteiger partial charge on any atom is 0.518 e. The molecule has 0 saturated carbocycles. The lowest BCUT2D eigenvalue weighted by Gasteiger charge is -2.15. The summed E-state index contributed by atoms with van der Waals surface area (Å²) in [6, 6.07) is 0. The van der Waals surface area contributed by atoms with Crippen LogP contribution in [0.15, 0.2) is 0 Å². The highest BCUT2D eigenvalue weighted by molar-refractivity contribution is 5.77. The van der Waals surface area contributed by atoms with E-state index < -0.39 is 12.3 Å². The van der Waals surface area contributed by atoms with Crippen LogP contribution in [0.1, 0.15) is 53.4 Å². The number of carbonyl (C=O) groups is 2. The highest BCUT2D eigenvalue weighted by Gasteiger charge is 2.19. The predicted molar refractivity (Wildman–Crippen MR) is 62.8 cm³/mol. The third-order valence-electron chi connectivity index (χ3n) is 2.51. The largest absolute Gasteiger partial charge is 0.518 e. The zero-order valence-electron chi connectivity index (χ0n) is 11.0. The number of hydrogen-bond acceptors (Lipinski definition) is 5. The fourth-order valence-electron chi connectivity index (χ4n) is 1.30. The van der Waals surface area contributed by atoms with Gasteiger partial charge in [0.25, 0.3) is 0 Å². The summed E-state index contributed by atoms with van der Waals surface area (Å²) in [5, 5.41) is 0. The molecule has 0 fully saturated rings. The van der Waals surface area contributed by atoms with Gasteiger partial charge in [0, 0.05) is 0 Å². The van der Waals surface area contributed by atoms with Gasteiger partial charge in [-0.25, -0.2) is 9.59 Å². The Hall–Kier alpha value is -1.26. The molecule has 0 aromatic rings. The molecular weight excluding hydrogens is 224 g/mol. The minimum atomic E-state index is -0.991. The standard InChI is InChI=1S/C12H22O5/c1-5-9(6-2)15-11(13)17-12(14)16-10(7-3)8-4/h9-10H,5-8H2,1-4H3. The van der Waals surface area contributed by atoms with Gasteiger partial charge in [0.1, 0.15) is 12.2 Å². The molecule has 0 unspecified atom stereocenters. The molecule has 0 bridgehead atoms. The van der Waals surface area contributed by atoms with Crippen molar-refractivity contribution in [3.05, 3.63) is 0 Å². The summed E-state index contributed by atoms with van der Waals surface area (Å²) in [6.45, 7) is 7.57. The van der Waals surface area contributed by atoms with Crippen molar-refractivity contribution in [2.45, 2.75) is 65.6 Å². The van der Waals surface area contributed by atoms with E-state index in [0.717, 1.165) is 0 Å². The van der Waals surface area contributed by atoms with Crippen LogP contribution in [0.5, 0.6) is 0 Å². The van der Waals surface area contributed by atoms with Gasteiger partial charge in [0.2, 0.25) is 0 Å². The Kier molecular flexibility index (Phi) is 8.19. The second kappa shape index (κ2) is 8.84. The zero-order valence-corrected chi connectivity index (χ0v) is 11.0. The molecule has 0 aromatic carbocycles.